The van der Waals surface area contributed by atoms with Gasteiger partial charge in [-0.25, -0.2) is 0 Å². The highest BCUT2D eigenvalue weighted by molar-refractivity contribution is 5.49. The normalized spacial score (nSPS) is 21.5. The van der Waals surface area contributed by atoms with Crippen LogP contribution >= 0.6 is 0 Å². The second kappa shape index (κ2) is 3.83. The molecule has 3 rings (SSSR count). The van der Waals surface area contributed by atoms with E-state index in [1.54, 1.807) is 0 Å². The molecule has 0 bridgehead atoms. The Bertz CT molecular complexity index is 343. The van der Waals surface area contributed by atoms with Crippen LogP contribution in [0.15, 0.2) is 0 Å². The maximum atomic E-state index is 5.48. The Morgan fingerprint density at radius 2 is 2.13 bits per heavy atom. The van der Waals surface area contributed by atoms with E-state index in [9.17, 15) is 0 Å². The molecule has 5 nitrogen and oxygen atoms in total. The standard InChI is InChI=1S/C10H16N4O/c1-6-15-7-8-9(1)12-13-10(8)14-4-2-11-3-5-14/h11H,1-7H2,(H,12,13). The van der Waals surface area contributed by atoms with Crippen LogP contribution in [0.2, 0.25) is 0 Å². The average Bonchev–Trinajstić information content (AvgIpc) is 2.74. The molecule has 1 saturated heterocycles. The summed E-state index contributed by atoms with van der Waals surface area (Å²) in [5.74, 6) is 1.10. The molecule has 5 heteroatoms. The largest absolute Gasteiger partial charge is 0.376 e. The smallest absolute Gasteiger partial charge is 0.156 e. The number of anilines is 1. The maximum Gasteiger partial charge on any atom is 0.156 e. The van der Waals surface area contributed by atoms with Crippen LogP contribution in [0, 0.1) is 0 Å². The van der Waals surface area contributed by atoms with Gasteiger partial charge in [0.15, 0.2) is 5.82 Å². The molecule has 0 radical (unpaired) electrons. The van der Waals surface area contributed by atoms with Crippen LogP contribution in [0.25, 0.3) is 0 Å². The summed E-state index contributed by atoms with van der Waals surface area (Å²) in [4.78, 5) is 2.33. The van der Waals surface area contributed by atoms with E-state index in [4.69, 9.17) is 4.74 Å². The summed E-state index contributed by atoms with van der Waals surface area (Å²) in [6.07, 6.45) is 0.967. The molecule has 0 aromatic carbocycles. The minimum Gasteiger partial charge on any atom is -0.376 e. The van der Waals surface area contributed by atoms with Gasteiger partial charge in [0, 0.05) is 43.9 Å². The van der Waals surface area contributed by atoms with Crippen molar-refractivity contribution in [2.24, 2.45) is 0 Å². The third kappa shape index (κ3) is 1.61. The molecule has 2 aliphatic rings. The van der Waals surface area contributed by atoms with Crippen LogP contribution in [-0.2, 0) is 17.8 Å². The summed E-state index contributed by atoms with van der Waals surface area (Å²) in [7, 11) is 0. The topological polar surface area (TPSA) is 53.2 Å². The minimum absolute atomic E-state index is 0.713. The van der Waals surface area contributed by atoms with Gasteiger partial charge in [0.25, 0.3) is 0 Å². The lowest BCUT2D eigenvalue weighted by Gasteiger charge is -2.28. The first kappa shape index (κ1) is 9.18. The number of nitrogens with one attached hydrogen (secondary N) is 2. The maximum absolute atomic E-state index is 5.48. The molecule has 0 amide bonds. The molecule has 2 N–H and O–H groups in total. The number of aromatic amines is 1. The predicted octanol–water partition coefficient (Wildman–Crippen LogP) is -0.108. The summed E-state index contributed by atoms with van der Waals surface area (Å²) in [6, 6.07) is 0. The van der Waals surface area contributed by atoms with E-state index in [-0.39, 0.29) is 0 Å². The Balaban J connectivity index is 1.87. The number of nitrogens with zero attached hydrogens (tertiary/aromatic N) is 2. The Kier molecular flexibility index (Phi) is 2.34. The zero-order valence-electron chi connectivity index (χ0n) is 8.75. The van der Waals surface area contributed by atoms with Gasteiger partial charge in [0.1, 0.15) is 0 Å². The number of rotatable bonds is 1. The molecule has 1 aromatic heterocycles. The molecule has 0 aliphatic carbocycles. The van der Waals surface area contributed by atoms with Crippen LogP contribution in [0.4, 0.5) is 5.82 Å². The highest BCUT2D eigenvalue weighted by atomic mass is 16.5. The van der Waals surface area contributed by atoms with Gasteiger partial charge in [0.05, 0.1) is 13.2 Å². The van der Waals surface area contributed by atoms with Crippen molar-refractivity contribution in [3.8, 4) is 0 Å². The van der Waals surface area contributed by atoms with Crippen LogP contribution in [0.3, 0.4) is 0 Å². The van der Waals surface area contributed by atoms with Gasteiger partial charge < -0.3 is 15.0 Å². The van der Waals surface area contributed by atoms with Gasteiger partial charge in [-0.15, -0.1) is 0 Å². The lowest BCUT2D eigenvalue weighted by Crippen LogP contribution is -2.44. The molecule has 0 spiro atoms. The Labute approximate surface area is 88.8 Å². The van der Waals surface area contributed by atoms with Crippen molar-refractivity contribution in [1.29, 1.82) is 0 Å². The first-order valence-electron chi connectivity index (χ1n) is 5.54. The second-order valence-electron chi connectivity index (χ2n) is 4.04. The fourth-order valence-corrected chi connectivity index (χ4v) is 2.24. The minimum atomic E-state index is 0.713. The molecule has 0 atom stereocenters. The van der Waals surface area contributed by atoms with E-state index in [2.05, 4.69) is 20.4 Å². The van der Waals surface area contributed by atoms with Crippen molar-refractivity contribution >= 4 is 5.82 Å². The van der Waals surface area contributed by atoms with Crippen molar-refractivity contribution in [2.45, 2.75) is 13.0 Å². The summed E-state index contributed by atoms with van der Waals surface area (Å²) >= 11 is 0. The number of H-pyrrole nitrogens is 1. The number of hydrogen-bond donors (Lipinski definition) is 2. The van der Waals surface area contributed by atoms with Gasteiger partial charge in [-0.3, -0.25) is 5.10 Å². The van der Waals surface area contributed by atoms with Crippen molar-refractivity contribution in [3.05, 3.63) is 11.3 Å². The third-order valence-electron chi connectivity index (χ3n) is 3.09. The molecule has 3 heterocycles. The summed E-state index contributed by atoms with van der Waals surface area (Å²) < 4.78 is 5.48. The third-order valence-corrected chi connectivity index (χ3v) is 3.09. The van der Waals surface area contributed by atoms with Gasteiger partial charge in [-0.2, -0.15) is 5.10 Å². The first-order valence-corrected chi connectivity index (χ1v) is 5.54. The molecule has 82 valence electrons. The van der Waals surface area contributed by atoms with Crippen molar-refractivity contribution < 1.29 is 4.74 Å². The Morgan fingerprint density at radius 1 is 1.27 bits per heavy atom. The van der Waals surface area contributed by atoms with Crippen molar-refractivity contribution in [3.63, 3.8) is 0 Å². The van der Waals surface area contributed by atoms with Crippen LogP contribution < -0.4 is 10.2 Å². The number of hydrogen-bond acceptors (Lipinski definition) is 4. The first-order chi connectivity index (χ1) is 7.45. The van der Waals surface area contributed by atoms with Gasteiger partial charge in [0.2, 0.25) is 0 Å². The van der Waals surface area contributed by atoms with Gasteiger partial charge in [-0.1, -0.05) is 0 Å². The molecule has 1 aromatic rings. The van der Waals surface area contributed by atoms with Gasteiger partial charge in [-0.05, 0) is 0 Å². The average molecular weight is 208 g/mol. The second-order valence-corrected chi connectivity index (χ2v) is 4.04. The quantitative estimate of drug-likeness (QED) is 0.676. The lowest BCUT2D eigenvalue weighted by atomic mass is 10.1. The number of ether oxygens (including phenoxy) is 1. The predicted molar refractivity (Wildman–Crippen MR) is 57.0 cm³/mol. The van der Waals surface area contributed by atoms with Gasteiger partial charge >= 0.3 is 0 Å². The fraction of sp³-hybridized carbons (Fsp3) is 0.700. The zero-order chi connectivity index (χ0) is 10.1. The van der Waals surface area contributed by atoms with Crippen LogP contribution in [0.5, 0.6) is 0 Å². The lowest BCUT2D eigenvalue weighted by molar-refractivity contribution is 0.110. The number of aromatic nitrogens is 2. The van der Waals surface area contributed by atoms with Crippen molar-refractivity contribution in [2.75, 3.05) is 37.7 Å². The van der Waals surface area contributed by atoms with E-state index in [0.29, 0.717) is 6.61 Å². The van der Waals surface area contributed by atoms with Crippen molar-refractivity contribution in [1.82, 2.24) is 15.5 Å². The Hall–Kier alpha value is -1.07. The Morgan fingerprint density at radius 3 is 3.00 bits per heavy atom. The van der Waals surface area contributed by atoms with Crippen LogP contribution in [-0.4, -0.2) is 43.0 Å². The molecule has 0 saturated carbocycles. The summed E-state index contributed by atoms with van der Waals surface area (Å²) in [6.45, 7) is 5.70. The molecular weight excluding hydrogens is 192 g/mol. The molecule has 2 aliphatic heterocycles. The van der Waals surface area contributed by atoms with E-state index in [0.717, 1.165) is 45.0 Å². The molecule has 0 unspecified atom stereocenters. The van der Waals surface area contributed by atoms with E-state index in [1.165, 1.54) is 11.3 Å². The van der Waals surface area contributed by atoms with E-state index >= 15 is 0 Å². The SMILES string of the molecule is C1CN(c2n[nH]c3c2COCC3)CCN1. The molecule has 1 fully saturated rings. The summed E-state index contributed by atoms with van der Waals surface area (Å²) in [5, 5.41) is 10.9. The van der Waals surface area contributed by atoms with Crippen LogP contribution in [0.1, 0.15) is 11.3 Å². The molecular formula is C10H16N4O. The van der Waals surface area contributed by atoms with E-state index < -0.39 is 0 Å². The summed E-state index contributed by atoms with van der Waals surface area (Å²) in [5.41, 5.74) is 2.53. The fourth-order valence-electron chi connectivity index (χ4n) is 2.24. The highest BCUT2D eigenvalue weighted by Crippen LogP contribution is 2.25. The van der Waals surface area contributed by atoms with E-state index in [1.807, 2.05) is 0 Å². The zero-order valence-corrected chi connectivity index (χ0v) is 8.75. The number of fused-ring (bicyclic) bond motifs is 1. The molecule has 15 heavy (non-hydrogen) atoms. The monoisotopic (exact) mass is 208 g/mol. The number of piperazine rings is 1. The highest BCUT2D eigenvalue weighted by Gasteiger charge is 2.22.